The number of hydrogen-bond acceptors (Lipinski definition) is 2. The number of carbonyl (C=O) groups excluding carboxylic acids is 1. The largest absolute Gasteiger partial charge is 0.465 e. The standard InChI is InChI=1S/C16H18NO2/c1-12-6-5-9-17(13(12)2)11-14-7-4-8-15(10-14)16(18)19-3/h4-10H,11H2,1-3H3/q+1. The van der Waals surface area contributed by atoms with E-state index in [4.69, 9.17) is 4.74 Å². The van der Waals surface area contributed by atoms with Gasteiger partial charge in [0.25, 0.3) is 0 Å². The van der Waals surface area contributed by atoms with Crippen LogP contribution in [0, 0.1) is 13.8 Å². The summed E-state index contributed by atoms with van der Waals surface area (Å²) in [6.45, 7) is 4.94. The molecule has 0 unspecified atom stereocenters. The quantitative estimate of drug-likeness (QED) is 0.623. The van der Waals surface area contributed by atoms with E-state index >= 15 is 0 Å². The molecule has 2 rings (SSSR count). The van der Waals surface area contributed by atoms with E-state index in [1.54, 1.807) is 6.07 Å². The Labute approximate surface area is 113 Å². The Morgan fingerprint density at radius 2 is 2.00 bits per heavy atom. The highest BCUT2D eigenvalue weighted by Gasteiger charge is 2.11. The van der Waals surface area contributed by atoms with Gasteiger partial charge < -0.3 is 4.74 Å². The zero-order valence-electron chi connectivity index (χ0n) is 11.5. The molecule has 0 saturated carbocycles. The first-order valence-electron chi connectivity index (χ1n) is 6.24. The van der Waals surface area contributed by atoms with Crippen molar-refractivity contribution in [1.29, 1.82) is 0 Å². The molecule has 0 aliphatic rings. The monoisotopic (exact) mass is 256 g/mol. The Kier molecular flexibility index (Phi) is 3.95. The lowest BCUT2D eigenvalue weighted by molar-refractivity contribution is -0.694. The number of methoxy groups -OCH3 is 1. The van der Waals surface area contributed by atoms with Gasteiger partial charge in [-0.2, -0.15) is 4.57 Å². The van der Waals surface area contributed by atoms with E-state index in [0.29, 0.717) is 5.56 Å². The minimum atomic E-state index is -0.298. The summed E-state index contributed by atoms with van der Waals surface area (Å²) >= 11 is 0. The maximum Gasteiger partial charge on any atom is 0.337 e. The number of hydrogen-bond donors (Lipinski definition) is 0. The Bertz CT molecular complexity index is 605. The van der Waals surface area contributed by atoms with E-state index in [1.165, 1.54) is 18.4 Å². The Morgan fingerprint density at radius 3 is 2.74 bits per heavy atom. The molecule has 0 atom stereocenters. The third kappa shape index (κ3) is 2.99. The molecular formula is C16H18NO2+. The van der Waals surface area contributed by atoms with Crippen molar-refractivity contribution in [3.63, 3.8) is 0 Å². The van der Waals surface area contributed by atoms with Gasteiger partial charge in [0.1, 0.15) is 0 Å². The van der Waals surface area contributed by atoms with E-state index < -0.39 is 0 Å². The Morgan fingerprint density at radius 1 is 1.21 bits per heavy atom. The molecule has 0 saturated heterocycles. The Balaban J connectivity index is 2.28. The highest BCUT2D eigenvalue weighted by molar-refractivity contribution is 5.89. The first-order valence-corrected chi connectivity index (χ1v) is 6.24. The number of aryl methyl sites for hydroxylation is 1. The lowest BCUT2D eigenvalue weighted by Gasteiger charge is -2.04. The van der Waals surface area contributed by atoms with Crippen LogP contribution in [-0.2, 0) is 11.3 Å². The molecule has 0 fully saturated rings. The van der Waals surface area contributed by atoms with Gasteiger partial charge in [-0.1, -0.05) is 12.1 Å². The summed E-state index contributed by atoms with van der Waals surface area (Å²) in [7, 11) is 1.40. The third-order valence-corrected chi connectivity index (χ3v) is 3.31. The normalized spacial score (nSPS) is 10.3. The molecule has 2 aromatic rings. The van der Waals surface area contributed by atoms with E-state index in [-0.39, 0.29) is 5.97 Å². The van der Waals surface area contributed by atoms with Crippen LogP contribution in [0.1, 0.15) is 27.2 Å². The van der Waals surface area contributed by atoms with Crippen molar-refractivity contribution in [1.82, 2.24) is 0 Å². The fourth-order valence-corrected chi connectivity index (χ4v) is 2.03. The zero-order valence-corrected chi connectivity index (χ0v) is 11.5. The van der Waals surface area contributed by atoms with Crippen LogP contribution < -0.4 is 4.57 Å². The number of nitrogens with zero attached hydrogens (tertiary/aromatic N) is 1. The van der Waals surface area contributed by atoms with Gasteiger partial charge in [-0.3, -0.25) is 0 Å². The number of ether oxygens (including phenoxy) is 1. The highest BCUT2D eigenvalue weighted by Crippen LogP contribution is 2.07. The number of carbonyl (C=O) groups is 1. The van der Waals surface area contributed by atoms with Gasteiger partial charge >= 0.3 is 5.97 Å². The summed E-state index contributed by atoms with van der Waals surface area (Å²) in [5.41, 5.74) is 4.16. The van der Waals surface area contributed by atoms with Crippen molar-refractivity contribution in [3.8, 4) is 0 Å². The van der Waals surface area contributed by atoms with Gasteiger partial charge in [0, 0.05) is 24.1 Å². The minimum Gasteiger partial charge on any atom is -0.465 e. The molecule has 98 valence electrons. The number of benzene rings is 1. The highest BCUT2D eigenvalue weighted by atomic mass is 16.5. The van der Waals surface area contributed by atoms with Crippen LogP contribution >= 0.6 is 0 Å². The molecule has 0 N–H and O–H groups in total. The zero-order chi connectivity index (χ0) is 13.8. The topological polar surface area (TPSA) is 30.2 Å². The first kappa shape index (κ1) is 13.3. The van der Waals surface area contributed by atoms with Crippen molar-refractivity contribution in [2.24, 2.45) is 0 Å². The van der Waals surface area contributed by atoms with Gasteiger partial charge in [0.2, 0.25) is 0 Å². The molecule has 0 bridgehead atoms. The number of rotatable bonds is 3. The molecule has 1 heterocycles. The van der Waals surface area contributed by atoms with Crippen LogP contribution in [0.25, 0.3) is 0 Å². The molecule has 0 radical (unpaired) electrons. The maximum absolute atomic E-state index is 11.5. The Hall–Kier alpha value is -2.16. The summed E-state index contributed by atoms with van der Waals surface area (Å²) in [6, 6.07) is 11.7. The van der Waals surface area contributed by atoms with Crippen molar-refractivity contribution in [2.75, 3.05) is 7.11 Å². The molecule has 0 amide bonds. The van der Waals surface area contributed by atoms with E-state index in [9.17, 15) is 4.79 Å². The molecule has 19 heavy (non-hydrogen) atoms. The van der Waals surface area contributed by atoms with Crippen molar-refractivity contribution >= 4 is 5.97 Å². The van der Waals surface area contributed by atoms with Crippen LogP contribution in [0.2, 0.25) is 0 Å². The fraction of sp³-hybridized carbons (Fsp3) is 0.250. The lowest BCUT2D eigenvalue weighted by Crippen LogP contribution is -2.37. The number of aromatic nitrogens is 1. The summed E-state index contributed by atoms with van der Waals surface area (Å²) in [5.74, 6) is -0.298. The second-order valence-corrected chi connectivity index (χ2v) is 4.60. The fourth-order valence-electron chi connectivity index (χ4n) is 2.03. The number of pyridine rings is 1. The predicted octanol–water partition coefficient (Wildman–Crippen LogP) is 2.43. The van der Waals surface area contributed by atoms with Gasteiger partial charge in [-0.05, 0) is 25.1 Å². The second kappa shape index (κ2) is 5.65. The van der Waals surface area contributed by atoms with Crippen LogP contribution in [0.15, 0.2) is 42.6 Å². The molecule has 3 nitrogen and oxygen atoms in total. The van der Waals surface area contributed by atoms with Crippen molar-refractivity contribution in [2.45, 2.75) is 20.4 Å². The SMILES string of the molecule is COC(=O)c1cccc(C[n+]2cccc(C)c2C)c1. The second-order valence-electron chi connectivity index (χ2n) is 4.60. The molecule has 1 aromatic carbocycles. The van der Waals surface area contributed by atoms with E-state index in [1.807, 2.05) is 30.5 Å². The van der Waals surface area contributed by atoms with Gasteiger partial charge in [-0.25, -0.2) is 4.79 Å². The van der Waals surface area contributed by atoms with E-state index in [0.717, 1.165) is 12.1 Å². The van der Waals surface area contributed by atoms with Gasteiger partial charge in [-0.15, -0.1) is 0 Å². The lowest BCUT2D eigenvalue weighted by atomic mass is 10.1. The van der Waals surface area contributed by atoms with Crippen LogP contribution in [0.5, 0.6) is 0 Å². The summed E-state index contributed by atoms with van der Waals surface area (Å²) in [4.78, 5) is 11.5. The van der Waals surface area contributed by atoms with Gasteiger partial charge in [0.05, 0.1) is 12.7 Å². The van der Waals surface area contributed by atoms with Crippen molar-refractivity contribution in [3.05, 3.63) is 65.0 Å². The molecule has 1 aromatic heterocycles. The molecular weight excluding hydrogens is 238 g/mol. The molecule has 0 aliphatic heterocycles. The minimum absolute atomic E-state index is 0.298. The maximum atomic E-state index is 11.5. The predicted molar refractivity (Wildman–Crippen MR) is 73.0 cm³/mol. The van der Waals surface area contributed by atoms with Crippen molar-refractivity contribution < 1.29 is 14.1 Å². The molecule has 0 aliphatic carbocycles. The van der Waals surface area contributed by atoms with Crippen LogP contribution in [0.3, 0.4) is 0 Å². The van der Waals surface area contributed by atoms with E-state index in [2.05, 4.69) is 24.5 Å². The first-order chi connectivity index (χ1) is 9.11. The summed E-state index contributed by atoms with van der Waals surface area (Å²) in [6.07, 6.45) is 2.05. The summed E-state index contributed by atoms with van der Waals surface area (Å²) in [5, 5.41) is 0. The smallest absolute Gasteiger partial charge is 0.337 e. The third-order valence-electron chi connectivity index (χ3n) is 3.31. The number of esters is 1. The average molecular weight is 256 g/mol. The van der Waals surface area contributed by atoms with Gasteiger partial charge in [0.15, 0.2) is 18.4 Å². The summed E-state index contributed by atoms with van der Waals surface area (Å²) < 4.78 is 6.91. The molecule has 3 heteroatoms. The van der Waals surface area contributed by atoms with Crippen LogP contribution in [0.4, 0.5) is 0 Å². The van der Waals surface area contributed by atoms with Crippen LogP contribution in [-0.4, -0.2) is 13.1 Å². The average Bonchev–Trinajstić information content (AvgIpc) is 2.43. The molecule has 0 spiro atoms.